The minimum absolute atomic E-state index is 0.00444. The predicted molar refractivity (Wildman–Crippen MR) is 43.1 cm³/mol. The Balaban J connectivity index is 0.000000461. The first-order valence-electron chi connectivity index (χ1n) is 3.97. The zero-order valence-corrected chi connectivity index (χ0v) is 7.31. The Labute approximate surface area is 67.2 Å². The molecular formula is C8H15NO2. The second kappa shape index (κ2) is 4.88. The molecule has 0 saturated carbocycles. The maximum absolute atomic E-state index is 10.6. The lowest BCUT2D eigenvalue weighted by Crippen LogP contribution is -2.16. The lowest BCUT2D eigenvalue weighted by Gasteiger charge is -1.96. The van der Waals surface area contributed by atoms with E-state index in [9.17, 15) is 9.59 Å². The average Bonchev–Trinajstić information content (AvgIpc) is 2.40. The van der Waals surface area contributed by atoms with Crippen LogP contribution in [0, 0.1) is 5.92 Å². The van der Waals surface area contributed by atoms with Crippen LogP contribution in [0.15, 0.2) is 0 Å². The van der Waals surface area contributed by atoms with Crippen LogP contribution in [0.5, 0.6) is 0 Å². The van der Waals surface area contributed by atoms with E-state index in [1.54, 1.807) is 0 Å². The van der Waals surface area contributed by atoms with Gasteiger partial charge in [0.05, 0.1) is 0 Å². The third-order valence-corrected chi connectivity index (χ3v) is 1.55. The Morgan fingerprint density at radius 1 is 1.55 bits per heavy atom. The van der Waals surface area contributed by atoms with E-state index < -0.39 is 0 Å². The number of amides is 1. The minimum Gasteiger partial charge on any atom is -0.355 e. The van der Waals surface area contributed by atoms with E-state index in [4.69, 9.17) is 0 Å². The topological polar surface area (TPSA) is 46.2 Å². The van der Waals surface area contributed by atoms with E-state index in [2.05, 4.69) is 5.32 Å². The molecule has 0 aliphatic carbocycles. The first-order valence-corrected chi connectivity index (χ1v) is 3.97. The van der Waals surface area contributed by atoms with Gasteiger partial charge in [0.1, 0.15) is 5.78 Å². The molecule has 1 atom stereocenters. The molecule has 0 spiro atoms. The van der Waals surface area contributed by atoms with Crippen molar-refractivity contribution < 1.29 is 9.59 Å². The summed E-state index contributed by atoms with van der Waals surface area (Å²) in [5.74, 6) is 0.0426. The van der Waals surface area contributed by atoms with Crippen molar-refractivity contribution in [3.05, 3.63) is 0 Å². The number of hydrogen-bond acceptors (Lipinski definition) is 2. The first-order chi connectivity index (χ1) is 5.20. The van der Waals surface area contributed by atoms with Crippen LogP contribution < -0.4 is 5.32 Å². The van der Waals surface area contributed by atoms with Crippen LogP contribution >= 0.6 is 0 Å². The van der Waals surface area contributed by atoms with Crippen LogP contribution in [-0.4, -0.2) is 18.2 Å². The highest BCUT2D eigenvalue weighted by Gasteiger charge is 2.24. The van der Waals surface area contributed by atoms with Gasteiger partial charge in [0.25, 0.3) is 0 Å². The van der Waals surface area contributed by atoms with Crippen molar-refractivity contribution in [2.45, 2.75) is 27.2 Å². The highest BCUT2D eigenvalue weighted by atomic mass is 16.2. The second-order valence-corrected chi connectivity index (χ2v) is 2.32. The summed E-state index contributed by atoms with van der Waals surface area (Å²) in [6, 6.07) is 0. The van der Waals surface area contributed by atoms with Crippen LogP contribution in [0.25, 0.3) is 0 Å². The normalized spacial score (nSPS) is 21.7. The highest BCUT2D eigenvalue weighted by Crippen LogP contribution is 2.08. The molecule has 1 saturated heterocycles. The van der Waals surface area contributed by atoms with Gasteiger partial charge in [-0.15, -0.1) is 0 Å². The molecule has 64 valence electrons. The van der Waals surface area contributed by atoms with Gasteiger partial charge in [-0.05, 0) is 6.92 Å². The van der Waals surface area contributed by atoms with E-state index in [1.165, 1.54) is 6.92 Å². The number of nitrogens with one attached hydrogen (secondary N) is 1. The molecule has 0 aromatic heterocycles. The van der Waals surface area contributed by atoms with E-state index in [1.807, 2.05) is 13.8 Å². The Bertz CT molecular complexity index is 154. The first kappa shape index (κ1) is 10.1. The molecule has 3 nitrogen and oxygen atoms in total. The van der Waals surface area contributed by atoms with E-state index in [0.29, 0.717) is 13.0 Å². The van der Waals surface area contributed by atoms with Crippen LogP contribution in [0.2, 0.25) is 0 Å². The third kappa shape index (κ3) is 3.16. The monoisotopic (exact) mass is 157 g/mol. The van der Waals surface area contributed by atoms with Crippen LogP contribution in [-0.2, 0) is 9.59 Å². The van der Waals surface area contributed by atoms with E-state index >= 15 is 0 Å². The standard InChI is InChI=1S/C6H9NO2.C2H6/c1-4(8)5-2-6(9)7-3-5;1-2/h5H,2-3H2,1H3,(H,7,9);1-2H3. The zero-order chi connectivity index (χ0) is 8.85. The van der Waals surface area contributed by atoms with Crippen molar-refractivity contribution in [3.63, 3.8) is 0 Å². The van der Waals surface area contributed by atoms with Gasteiger partial charge in [-0.3, -0.25) is 9.59 Å². The fourth-order valence-corrected chi connectivity index (χ4v) is 0.893. The van der Waals surface area contributed by atoms with Crippen LogP contribution in [0.3, 0.4) is 0 Å². The van der Waals surface area contributed by atoms with Crippen molar-refractivity contribution in [1.82, 2.24) is 5.32 Å². The molecule has 1 rings (SSSR count). The SMILES string of the molecule is CC.CC(=O)C1CNC(=O)C1. The summed E-state index contributed by atoms with van der Waals surface area (Å²) >= 11 is 0. The number of ketones is 1. The number of carbonyl (C=O) groups is 2. The third-order valence-electron chi connectivity index (χ3n) is 1.55. The summed E-state index contributed by atoms with van der Waals surface area (Å²) in [7, 11) is 0. The molecule has 1 unspecified atom stereocenters. The van der Waals surface area contributed by atoms with Gasteiger partial charge in [-0.1, -0.05) is 13.8 Å². The molecule has 0 aromatic carbocycles. The molecule has 1 aliphatic heterocycles. The van der Waals surface area contributed by atoms with Gasteiger partial charge in [0.2, 0.25) is 5.91 Å². The average molecular weight is 157 g/mol. The van der Waals surface area contributed by atoms with Crippen molar-refractivity contribution in [2.24, 2.45) is 5.92 Å². The smallest absolute Gasteiger partial charge is 0.220 e. The van der Waals surface area contributed by atoms with Crippen molar-refractivity contribution in [3.8, 4) is 0 Å². The molecule has 0 aromatic rings. The summed E-state index contributed by atoms with van der Waals surface area (Å²) in [5, 5.41) is 2.59. The number of hydrogen-bond donors (Lipinski definition) is 1. The van der Waals surface area contributed by atoms with Gasteiger partial charge in [-0.25, -0.2) is 0 Å². The summed E-state index contributed by atoms with van der Waals surface area (Å²) in [5.41, 5.74) is 0. The highest BCUT2D eigenvalue weighted by molar-refractivity contribution is 5.88. The predicted octanol–water partition coefficient (Wildman–Crippen LogP) is 0.738. The zero-order valence-electron chi connectivity index (χ0n) is 7.31. The molecule has 1 N–H and O–H groups in total. The maximum Gasteiger partial charge on any atom is 0.220 e. The minimum atomic E-state index is -0.0579. The lowest BCUT2D eigenvalue weighted by atomic mass is 10.1. The Morgan fingerprint density at radius 2 is 2.09 bits per heavy atom. The van der Waals surface area contributed by atoms with Crippen LogP contribution in [0.4, 0.5) is 0 Å². The van der Waals surface area contributed by atoms with Gasteiger partial charge >= 0.3 is 0 Å². The molecule has 1 aliphatic rings. The Morgan fingerprint density at radius 3 is 2.27 bits per heavy atom. The molecule has 0 bridgehead atoms. The van der Waals surface area contributed by atoms with Gasteiger partial charge in [-0.2, -0.15) is 0 Å². The Hall–Kier alpha value is -0.860. The molecule has 11 heavy (non-hydrogen) atoms. The van der Waals surface area contributed by atoms with E-state index in [0.717, 1.165) is 0 Å². The summed E-state index contributed by atoms with van der Waals surface area (Å²) in [4.78, 5) is 21.1. The van der Waals surface area contributed by atoms with Gasteiger partial charge in [0, 0.05) is 18.9 Å². The van der Waals surface area contributed by atoms with Crippen molar-refractivity contribution >= 4 is 11.7 Å². The Kier molecular flexibility index (Phi) is 4.50. The molecule has 3 heteroatoms. The van der Waals surface area contributed by atoms with Crippen molar-refractivity contribution in [2.75, 3.05) is 6.54 Å². The second-order valence-electron chi connectivity index (χ2n) is 2.32. The fourth-order valence-electron chi connectivity index (χ4n) is 0.893. The van der Waals surface area contributed by atoms with Gasteiger partial charge < -0.3 is 5.32 Å². The maximum atomic E-state index is 10.6. The van der Waals surface area contributed by atoms with E-state index in [-0.39, 0.29) is 17.6 Å². The summed E-state index contributed by atoms with van der Waals surface area (Å²) < 4.78 is 0. The molecule has 0 radical (unpaired) electrons. The molecule has 1 heterocycles. The fraction of sp³-hybridized carbons (Fsp3) is 0.750. The molecular weight excluding hydrogens is 142 g/mol. The summed E-state index contributed by atoms with van der Waals surface area (Å²) in [6.45, 7) is 6.05. The van der Waals surface area contributed by atoms with Crippen molar-refractivity contribution in [1.29, 1.82) is 0 Å². The van der Waals surface area contributed by atoms with Crippen LogP contribution in [0.1, 0.15) is 27.2 Å². The number of rotatable bonds is 1. The number of carbonyl (C=O) groups excluding carboxylic acids is 2. The molecule has 1 amide bonds. The lowest BCUT2D eigenvalue weighted by molar-refractivity contribution is -0.123. The number of Topliss-reactive ketones (excluding diaryl/α,β-unsaturated/α-hetero) is 1. The summed E-state index contributed by atoms with van der Waals surface area (Å²) in [6.07, 6.45) is 0.384. The quantitative estimate of drug-likeness (QED) is 0.610. The van der Waals surface area contributed by atoms with Gasteiger partial charge in [0.15, 0.2) is 0 Å². The largest absolute Gasteiger partial charge is 0.355 e. The molecule has 1 fully saturated rings.